The number of rotatable bonds is 2. The number of carbonyl (C=O) groups excluding carboxylic acids is 1. The van der Waals surface area contributed by atoms with E-state index in [1.54, 1.807) is 30.0 Å². The fourth-order valence-electron chi connectivity index (χ4n) is 1.80. The Hall–Kier alpha value is -1.98. The van der Waals surface area contributed by atoms with Gasteiger partial charge >= 0.3 is 0 Å². The maximum Gasteiger partial charge on any atom is 0.228 e. The minimum Gasteiger partial charge on any atom is -0.326 e. The van der Waals surface area contributed by atoms with Gasteiger partial charge in [-0.15, -0.1) is 0 Å². The normalized spacial score (nSPS) is 17.8. The Bertz CT molecular complexity index is 550. The van der Waals surface area contributed by atoms with Crippen LogP contribution in [0.5, 0.6) is 0 Å². The topological polar surface area (TPSA) is 76.7 Å². The van der Waals surface area contributed by atoms with Gasteiger partial charge in [0.05, 0.1) is 11.1 Å². The molecule has 1 saturated heterocycles. The fourth-order valence-corrected chi connectivity index (χ4v) is 3.02. The summed E-state index contributed by atoms with van der Waals surface area (Å²) in [6.45, 7) is 0. The van der Waals surface area contributed by atoms with Crippen molar-refractivity contribution < 1.29 is 4.79 Å². The van der Waals surface area contributed by atoms with Crippen molar-refractivity contribution in [2.45, 2.75) is 6.42 Å². The Morgan fingerprint density at radius 3 is 2.72 bits per heavy atom. The van der Waals surface area contributed by atoms with Crippen molar-refractivity contribution in [3.05, 3.63) is 29.3 Å². The first-order valence-electron chi connectivity index (χ1n) is 5.57. The molecular weight excluding hydrogens is 246 g/mol. The van der Waals surface area contributed by atoms with E-state index in [0.717, 1.165) is 17.9 Å². The van der Waals surface area contributed by atoms with E-state index in [1.807, 2.05) is 12.1 Å². The lowest BCUT2D eigenvalue weighted by atomic mass is 10.1. The molecule has 1 amide bonds. The molecule has 1 fully saturated rings. The molecule has 0 bridgehead atoms. The van der Waals surface area contributed by atoms with Crippen LogP contribution in [-0.2, 0) is 4.79 Å². The zero-order chi connectivity index (χ0) is 13.0. The summed E-state index contributed by atoms with van der Waals surface area (Å²) in [6, 6.07) is 8.64. The van der Waals surface area contributed by atoms with Gasteiger partial charge in [-0.05, 0) is 30.4 Å². The predicted molar refractivity (Wildman–Crippen MR) is 69.9 cm³/mol. The van der Waals surface area contributed by atoms with Crippen molar-refractivity contribution in [1.82, 2.24) is 0 Å². The van der Waals surface area contributed by atoms with Gasteiger partial charge in [0.15, 0.2) is 0 Å². The zero-order valence-electron chi connectivity index (χ0n) is 9.64. The molecule has 1 aliphatic heterocycles. The van der Waals surface area contributed by atoms with E-state index in [9.17, 15) is 4.79 Å². The van der Waals surface area contributed by atoms with E-state index < -0.39 is 0 Å². The van der Waals surface area contributed by atoms with Crippen LogP contribution in [0, 0.1) is 28.6 Å². The van der Waals surface area contributed by atoms with Crippen molar-refractivity contribution in [1.29, 1.82) is 10.5 Å². The van der Waals surface area contributed by atoms with Crippen LogP contribution in [0.1, 0.15) is 17.5 Å². The highest BCUT2D eigenvalue weighted by molar-refractivity contribution is 7.99. The zero-order valence-corrected chi connectivity index (χ0v) is 10.5. The highest BCUT2D eigenvalue weighted by Gasteiger charge is 2.23. The number of hydrogen-bond donors (Lipinski definition) is 1. The Kier molecular flexibility index (Phi) is 3.86. The molecular formula is C13H11N3OS. The number of nitrogens with zero attached hydrogens (tertiary/aromatic N) is 2. The van der Waals surface area contributed by atoms with Crippen molar-refractivity contribution >= 4 is 23.4 Å². The van der Waals surface area contributed by atoms with E-state index in [2.05, 4.69) is 5.32 Å². The molecule has 1 aliphatic rings. The minimum absolute atomic E-state index is 0.00593. The minimum atomic E-state index is -0.00593. The van der Waals surface area contributed by atoms with Crippen LogP contribution in [0.4, 0.5) is 5.69 Å². The largest absolute Gasteiger partial charge is 0.326 e. The van der Waals surface area contributed by atoms with Crippen LogP contribution in [0.3, 0.4) is 0 Å². The Morgan fingerprint density at radius 2 is 2.11 bits per heavy atom. The van der Waals surface area contributed by atoms with Crippen LogP contribution in [0.2, 0.25) is 0 Å². The van der Waals surface area contributed by atoms with Gasteiger partial charge in [-0.3, -0.25) is 4.79 Å². The maximum absolute atomic E-state index is 11.9. The van der Waals surface area contributed by atoms with Crippen molar-refractivity contribution in [2.24, 2.45) is 5.92 Å². The first kappa shape index (κ1) is 12.5. The van der Waals surface area contributed by atoms with E-state index in [4.69, 9.17) is 10.5 Å². The van der Waals surface area contributed by atoms with Crippen LogP contribution >= 0.6 is 11.8 Å². The number of thioether (sulfide) groups is 1. The molecule has 1 unspecified atom stereocenters. The molecule has 0 radical (unpaired) electrons. The number of benzene rings is 1. The molecule has 18 heavy (non-hydrogen) atoms. The van der Waals surface area contributed by atoms with Gasteiger partial charge in [-0.1, -0.05) is 0 Å². The van der Waals surface area contributed by atoms with Crippen molar-refractivity contribution in [3.8, 4) is 12.1 Å². The maximum atomic E-state index is 11.9. The Labute approximate surface area is 110 Å². The van der Waals surface area contributed by atoms with Gasteiger partial charge < -0.3 is 5.32 Å². The molecule has 1 atom stereocenters. The summed E-state index contributed by atoms with van der Waals surface area (Å²) in [6.07, 6.45) is 0.901. The predicted octanol–water partition coefficient (Wildman–Crippen LogP) is 2.12. The first-order valence-corrected chi connectivity index (χ1v) is 6.73. The lowest BCUT2D eigenvalue weighted by Crippen LogP contribution is -2.22. The quantitative estimate of drug-likeness (QED) is 0.880. The first-order chi connectivity index (χ1) is 8.74. The molecule has 1 N–H and O–H groups in total. The lowest BCUT2D eigenvalue weighted by Gasteiger charge is -2.10. The van der Waals surface area contributed by atoms with Crippen LogP contribution in [0.25, 0.3) is 0 Å². The third kappa shape index (κ3) is 2.64. The Balaban J connectivity index is 2.13. The summed E-state index contributed by atoms with van der Waals surface area (Å²) in [5.41, 5.74) is 1.19. The van der Waals surface area contributed by atoms with Crippen LogP contribution in [0.15, 0.2) is 18.2 Å². The standard InChI is InChI=1S/C13H11N3OS/c14-6-9-1-2-12(5-11(9)7-15)16-13(17)10-3-4-18-8-10/h1-2,5,10H,3-4,8H2,(H,16,17). The van der Waals surface area contributed by atoms with Gasteiger partial charge in [-0.25, -0.2) is 0 Å². The second-order valence-electron chi connectivity index (χ2n) is 4.03. The molecule has 4 nitrogen and oxygen atoms in total. The van der Waals surface area contributed by atoms with E-state index >= 15 is 0 Å². The van der Waals surface area contributed by atoms with Crippen molar-refractivity contribution in [3.63, 3.8) is 0 Å². The van der Waals surface area contributed by atoms with Gasteiger partial charge in [-0.2, -0.15) is 22.3 Å². The number of hydrogen-bond acceptors (Lipinski definition) is 4. The molecule has 1 aromatic rings. The Morgan fingerprint density at radius 1 is 1.33 bits per heavy atom. The monoisotopic (exact) mass is 257 g/mol. The molecule has 5 heteroatoms. The third-order valence-electron chi connectivity index (χ3n) is 2.83. The molecule has 0 saturated carbocycles. The van der Waals surface area contributed by atoms with Crippen LogP contribution in [-0.4, -0.2) is 17.4 Å². The summed E-state index contributed by atoms with van der Waals surface area (Å²) in [7, 11) is 0. The summed E-state index contributed by atoms with van der Waals surface area (Å²) >= 11 is 1.78. The van der Waals surface area contributed by atoms with Gasteiger partial charge in [0.1, 0.15) is 12.1 Å². The molecule has 0 spiro atoms. The number of nitrogens with one attached hydrogen (secondary N) is 1. The molecule has 0 aromatic heterocycles. The second kappa shape index (κ2) is 5.57. The number of nitriles is 2. The molecule has 90 valence electrons. The van der Waals surface area contributed by atoms with E-state index in [1.165, 1.54) is 0 Å². The van der Waals surface area contributed by atoms with E-state index in [0.29, 0.717) is 11.3 Å². The molecule has 1 aromatic carbocycles. The number of anilines is 1. The average Bonchev–Trinajstić information content (AvgIpc) is 2.92. The van der Waals surface area contributed by atoms with E-state index in [-0.39, 0.29) is 17.4 Å². The SMILES string of the molecule is N#Cc1ccc(NC(=O)C2CCSC2)cc1C#N. The summed E-state index contributed by atoms with van der Waals surface area (Å²) < 4.78 is 0. The van der Waals surface area contributed by atoms with Gasteiger partial charge in [0, 0.05) is 17.4 Å². The molecule has 2 rings (SSSR count). The third-order valence-corrected chi connectivity index (χ3v) is 3.99. The van der Waals surface area contributed by atoms with Crippen molar-refractivity contribution in [2.75, 3.05) is 16.8 Å². The smallest absolute Gasteiger partial charge is 0.228 e. The number of amides is 1. The fraction of sp³-hybridized carbons (Fsp3) is 0.308. The number of carbonyl (C=O) groups is 1. The average molecular weight is 257 g/mol. The summed E-state index contributed by atoms with van der Waals surface area (Å²) in [4.78, 5) is 11.9. The van der Waals surface area contributed by atoms with Gasteiger partial charge in [0.25, 0.3) is 0 Å². The molecule has 0 aliphatic carbocycles. The lowest BCUT2D eigenvalue weighted by molar-refractivity contribution is -0.119. The highest BCUT2D eigenvalue weighted by Crippen LogP contribution is 2.25. The molecule has 1 heterocycles. The van der Waals surface area contributed by atoms with Gasteiger partial charge in [0.2, 0.25) is 5.91 Å². The summed E-state index contributed by atoms with van der Waals surface area (Å²) in [5, 5.41) is 20.5. The highest BCUT2D eigenvalue weighted by atomic mass is 32.2. The second-order valence-corrected chi connectivity index (χ2v) is 5.18. The summed E-state index contributed by atoms with van der Waals surface area (Å²) in [5.74, 6) is 1.92. The van der Waals surface area contributed by atoms with Crippen LogP contribution < -0.4 is 5.32 Å².